The topological polar surface area (TPSA) is 42.0 Å². The molecular formula is C12H5Cl4FN2O. The van der Waals surface area contributed by atoms with E-state index in [4.69, 9.17) is 46.4 Å². The van der Waals surface area contributed by atoms with Gasteiger partial charge < -0.3 is 5.32 Å². The number of rotatable bonds is 2. The van der Waals surface area contributed by atoms with E-state index in [1.807, 2.05) is 0 Å². The van der Waals surface area contributed by atoms with Crippen LogP contribution in [0.1, 0.15) is 10.5 Å². The highest BCUT2D eigenvalue weighted by atomic mass is 35.5. The highest BCUT2D eigenvalue weighted by molar-refractivity contribution is 6.36. The van der Waals surface area contributed by atoms with Gasteiger partial charge in [0.15, 0.2) is 5.82 Å². The van der Waals surface area contributed by atoms with Crippen LogP contribution in [0.2, 0.25) is 20.2 Å². The summed E-state index contributed by atoms with van der Waals surface area (Å²) in [5.74, 6) is -1.37. The molecule has 104 valence electrons. The van der Waals surface area contributed by atoms with Crippen LogP contribution < -0.4 is 5.32 Å². The summed E-state index contributed by atoms with van der Waals surface area (Å²) in [4.78, 5) is 15.8. The minimum absolute atomic E-state index is 0.0595. The smallest absolute Gasteiger partial charge is 0.275 e. The summed E-state index contributed by atoms with van der Waals surface area (Å²) in [5, 5.41) is 2.29. The lowest BCUT2D eigenvalue weighted by Crippen LogP contribution is -2.14. The second-order valence-electron chi connectivity index (χ2n) is 3.67. The highest BCUT2D eigenvalue weighted by Crippen LogP contribution is 2.28. The lowest BCUT2D eigenvalue weighted by molar-refractivity contribution is 0.102. The van der Waals surface area contributed by atoms with E-state index >= 15 is 0 Å². The molecule has 0 unspecified atom stereocenters. The molecule has 2 aromatic rings. The summed E-state index contributed by atoms with van der Waals surface area (Å²) >= 11 is 22.8. The van der Waals surface area contributed by atoms with Gasteiger partial charge in [-0.1, -0.05) is 46.4 Å². The molecule has 1 heterocycles. The maximum Gasteiger partial charge on any atom is 0.275 e. The summed E-state index contributed by atoms with van der Waals surface area (Å²) in [7, 11) is 0. The normalized spacial score (nSPS) is 10.4. The summed E-state index contributed by atoms with van der Waals surface area (Å²) in [6.45, 7) is 0. The molecule has 3 nitrogen and oxygen atoms in total. The van der Waals surface area contributed by atoms with Crippen molar-refractivity contribution < 1.29 is 9.18 Å². The van der Waals surface area contributed by atoms with Crippen molar-refractivity contribution in [1.82, 2.24) is 4.98 Å². The standard InChI is InChI=1S/C12H5Cl4FN2O/c13-6-1-2-9(16)19-11(6)12(20)18-5-3-7(14)10(17)8(15)4-5/h1-4H,(H,18,20). The van der Waals surface area contributed by atoms with Crippen molar-refractivity contribution in [3.63, 3.8) is 0 Å². The quantitative estimate of drug-likeness (QED) is 0.603. The monoisotopic (exact) mass is 352 g/mol. The molecule has 0 saturated carbocycles. The van der Waals surface area contributed by atoms with Crippen molar-refractivity contribution in [3.05, 3.63) is 56.0 Å². The van der Waals surface area contributed by atoms with Crippen LogP contribution in [0.4, 0.5) is 10.1 Å². The Morgan fingerprint density at radius 3 is 2.25 bits per heavy atom. The van der Waals surface area contributed by atoms with Gasteiger partial charge in [0.1, 0.15) is 10.8 Å². The fourth-order valence-electron chi connectivity index (χ4n) is 1.40. The Bertz CT molecular complexity index is 670. The van der Waals surface area contributed by atoms with Crippen molar-refractivity contribution >= 4 is 58.0 Å². The van der Waals surface area contributed by atoms with Crippen molar-refractivity contribution in [3.8, 4) is 0 Å². The van der Waals surface area contributed by atoms with E-state index in [1.54, 1.807) is 0 Å². The molecule has 0 bridgehead atoms. The lowest BCUT2D eigenvalue weighted by Gasteiger charge is -2.08. The first-order valence-corrected chi connectivity index (χ1v) is 6.67. The molecule has 1 aromatic heterocycles. The van der Waals surface area contributed by atoms with Gasteiger partial charge in [-0.15, -0.1) is 0 Å². The fourth-order valence-corrected chi connectivity index (χ4v) is 2.22. The zero-order chi connectivity index (χ0) is 14.9. The number of nitrogens with zero attached hydrogens (tertiary/aromatic N) is 1. The van der Waals surface area contributed by atoms with E-state index in [0.717, 1.165) is 0 Å². The van der Waals surface area contributed by atoms with Gasteiger partial charge in [-0.3, -0.25) is 4.79 Å². The number of carbonyl (C=O) groups excluding carboxylic acids is 1. The van der Waals surface area contributed by atoms with Gasteiger partial charge in [0.05, 0.1) is 15.1 Å². The Kier molecular flexibility index (Phi) is 4.70. The van der Waals surface area contributed by atoms with E-state index in [2.05, 4.69) is 10.3 Å². The molecule has 1 N–H and O–H groups in total. The number of pyridine rings is 1. The second-order valence-corrected chi connectivity index (χ2v) is 5.28. The molecule has 8 heteroatoms. The van der Waals surface area contributed by atoms with E-state index in [-0.39, 0.29) is 31.6 Å². The van der Waals surface area contributed by atoms with Crippen LogP contribution in [0, 0.1) is 5.82 Å². The molecule has 0 aliphatic rings. The first-order valence-electron chi connectivity index (χ1n) is 5.16. The van der Waals surface area contributed by atoms with Crippen molar-refractivity contribution in [1.29, 1.82) is 0 Å². The van der Waals surface area contributed by atoms with Crippen molar-refractivity contribution in [2.45, 2.75) is 0 Å². The molecule has 0 fully saturated rings. The Hall–Kier alpha value is -1.07. The Morgan fingerprint density at radius 1 is 1.05 bits per heavy atom. The van der Waals surface area contributed by atoms with Gasteiger partial charge in [0.25, 0.3) is 5.91 Å². The summed E-state index contributed by atoms with van der Waals surface area (Å²) < 4.78 is 13.3. The summed E-state index contributed by atoms with van der Waals surface area (Å²) in [6.07, 6.45) is 0. The minimum Gasteiger partial charge on any atom is -0.320 e. The molecular weight excluding hydrogens is 349 g/mol. The molecule has 0 saturated heterocycles. The second kappa shape index (κ2) is 6.14. The predicted octanol–water partition coefficient (Wildman–Crippen LogP) is 5.09. The van der Waals surface area contributed by atoms with E-state index in [0.29, 0.717) is 0 Å². The Balaban J connectivity index is 2.30. The van der Waals surface area contributed by atoms with Crippen LogP contribution in [0.25, 0.3) is 0 Å². The Labute approximate surface area is 133 Å². The molecule has 0 radical (unpaired) electrons. The fraction of sp³-hybridized carbons (Fsp3) is 0. The molecule has 1 aromatic carbocycles. The average molecular weight is 354 g/mol. The van der Waals surface area contributed by atoms with Crippen LogP contribution in [0.5, 0.6) is 0 Å². The molecule has 0 aliphatic heterocycles. The number of amides is 1. The molecule has 20 heavy (non-hydrogen) atoms. The Morgan fingerprint density at radius 2 is 1.65 bits per heavy atom. The number of hydrogen-bond acceptors (Lipinski definition) is 2. The largest absolute Gasteiger partial charge is 0.320 e. The number of carbonyl (C=O) groups is 1. The maximum atomic E-state index is 13.3. The third-order valence-electron chi connectivity index (χ3n) is 2.27. The third-order valence-corrected chi connectivity index (χ3v) is 3.33. The number of benzene rings is 1. The summed E-state index contributed by atoms with van der Waals surface area (Å²) in [5.41, 5.74) is 0.153. The van der Waals surface area contributed by atoms with Gasteiger partial charge in [0.2, 0.25) is 0 Å². The van der Waals surface area contributed by atoms with Gasteiger partial charge in [-0.05, 0) is 24.3 Å². The zero-order valence-electron chi connectivity index (χ0n) is 9.55. The molecule has 1 amide bonds. The molecule has 0 atom stereocenters. The maximum absolute atomic E-state index is 13.3. The number of halogens is 5. The number of nitrogens with one attached hydrogen (secondary N) is 1. The number of aromatic nitrogens is 1. The van der Waals surface area contributed by atoms with E-state index in [1.165, 1.54) is 24.3 Å². The van der Waals surface area contributed by atoms with Crippen LogP contribution in [0.15, 0.2) is 24.3 Å². The first-order chi connectivity index (χ1) is 9.38. The lowest BCUT2D eigenvalue weighted by atomic mass is 10.3. The predicted molar refractivity (Wildman–Crippen MR) is 78.6 cm³/mol. The van der Waals surface area contributed by atoms with Gasteiger partial charge >= 0.3 is 0 Å². The van der Waals surface area contributed by atoms with Gasteiger partial charge in [0, 0.05) is 5.69 Å². The van der Waals surface area contributed by atoms with Crippen molar-refractivity contribution in [2.24, 2.45) is 0 Å². The highest BCUT2D eigenvalue weighted by Gasteiger charge is 2.15. The molecule has 0 spiro atoms. The van der Waals surface area contributed by atoms with Gasteiger partial charge in [-0.2, -0.15) is 0 Å². The first kappa shape index (κ1) is 15.3. The van der Waals surface area contributed by atoms with E-state index < -0.39 is 11.7 Å². The van der Waals surface area contributed by atoms with Crippen LogP contribution >= 0.6 is 46.4 Å². The minimum atomic E-state index is -0.759. The average Bonchev–Trinajstić information content (AvgIpc) is 2.38. The zero-order valence-corrected chi connectivity index (χ0v) is 12.6. The molecule has 0 aliphatic carbocycles. The van der Waals surface area contributed by atoms with Crippen LogP contribution in [0.3, 0.4) is 0 Å². The SMILES string of the molecule is O=C(Nc1cc(Cl)c(F)c(Cl)c1)c1nc(Cl)ccc1Cl. The van der Waals surface area contributed by atoms with Crippen LogP contribution in [-0.4, -0.2) is 10.9 Å². The molecule has 2 rings (SSSR count). The summed E-state index contributed by atoms with van der Waals surface area (Å²) in [6, 6.07) is 5.33. The third kappa shape index (κ3) is 3.33. The number of hydrogen-bond donors (Lipinski definition) is 1. The van der Waals surface area contributed by atoms with Gasteiger partial charge in [-0.25, -0.2) is 9.37 Å². The van der Waals surface area contributed by atoms with Crippen LogP contribution in [-0.2, 0) is 0 Å². The number of anilines is 1. The van der Waals surface area contributed by atoms with Crippen molar-refractivity contribution in [2.75, 3.05) is 5.32 Å². The van der Waals surface area contributed by atoms with E-state index in [9.17, 15) is 9.18 Å².